The molecule has 3 heterocycles. The van der Waals surface area contributed by atoms with Crippen molar-refractivity contribution in [3.63, 3.8) is 0 Å². The standard InChI is InChI=1S/C22H32N2O.ClH/c1-15-6-5-7-20(16(15)2)21-8-3-4-11-24(21)22(25)14-17-12-18-9-10-19(13-17)23-18;/h5-7,17-19,21,23H,3-4,8-14H2,1-2H3;1H. The number of nitrogens with one attached hydrogen (secondary N) is 1. The third-order valence-electron chi connectivity index (χ3n) is 6.86. The Morgan fingerprint density at radius 3 is 2.58 bits per heavy atom. The minimum Gasteiger partial charge on any atom is -0.336 e. The van der Waals surface area contributed by atoms with E-state index in [-0.39, 0.29) is 12.4 Å². The first kappa shape index (κ1) is 19.7. The van der Waals surface area contributed by atoms with Gasteiger partial charge in [0.15, 0.2) is 0 Å². The molecule has 3 atom stereocenters. The number of benzene rings is 1. The summed E-state index contributed by atoms with van der Waals surface area (Å²) >= 11 is 0. The summed E-state index contributed by atoms with van der Waals surface area (Å²) in [7, 11) is 0. The molecule has 4 rings (SSSR count). The maximum absolute atomic E-state index is 13.2. The smallest absolute Gasteiger partial charge is 0.223 e. The van der Waals surface area contributed by atoms with Gasteiger partial charge in [-0.2, -0.15) is 0 Å². The van der Waals surface area contributed by atoms with Gasteiger partial charge in [-0.1, -0.05) is 18.2 Å². The molecule has 4 heteroatoms. The molecule has 3 saturated heterocycles. The van der Waals surface area contributed by atoms with Crippen molar-refractivity contribution in [3.05, 3.63) is 34.9 Å². The lowest BCUT2D eigenvalue weighted by Crippen LogP contribution is -2.42. The third-order valence-corrected chi connectivity index (χ3v) is 6.86. The van der Waals surface area contributed by atoms with Crippen molar-refractivity contribution in [2.45, 2.75) is 83.3 Å². The first-order valence-electron chi connectivity index (χ1n) is 10.2. The molecule has 144 valence electrons. The summed E-state index contributed by atoms with van der Waals surface area (Å²) in [6.07, 6.45) is 9.29. The van der Waals surface area contributed by atoms with Gasteiger partial charge in [-0.15, -0.1) is 12.4 Å². The van der Waals surface area contributed by atoms with E-state index in [0.717, 1.165) is 25.8 Å². The number of aryl methyl sites for hydroxylation is 1. The number of carbonyl (C=O) groups is 1. The highest BCUT2D eigenvalue weighted by Gasteiger charge is 2.36. The van der Waals surface area contributed by atoms with Crippen LogP contribution in [0.1, 0.15) is 74.1 Å². The predicted molar refractivity (Wildman–Crippen MR) is 109 cm³/mol. The Kier molecular flexibility index (Phi) is 6.29. The summed E-state index contributed by atoms with van der Waals surface area (Å²) in [5, 5.41) is 3.70. The monoisotopic (exact) mass is 376 g/mol. The maximum Gasteiger partial charge on any atom is 0.223 e. The lowest BCUT2D eigenvalue weighted by atomic mass is 9.87. The topological polar surface area (TPSA) is 32.3 Å². The second-order valence-electron chi connectivity index (χ2n) is 8.57. The fourth-order valence-electron chi connectivity index (χ4n) is 5.39. The number of carbonyl (C=O) groups excluding carboxylic acids is 1. The van der Waals surface area contributed by atoms with Crippen LogP contribution in [0.2, 0.25) is 0 Å². The normalized spacial score (nSPS) is 30.8. The number of amides is 1. The number of hydrogen-bond acceptors (Lipinski definition) is 2. The highest BCUT2D eigenvalue weighted by Crippen LogP contribution is 2.37. The van der Waals surface area contributed by atoms with E-state index in [1.807, 2.05) is 0 Å². The van der Waals surface area contributed by atoms with Gasteiger partial charge in [0.25, 0.3) is 0 Å². The van der Waals surface area contributed by atoms with E-state index in [1.165, 1.54) is 48.8 Å². The van der Waals surface area contributed by atoms with E-state index in [0.29, 0.717) is 30.0 Å². The molecule has 3 aliphatic rings. The molecule has 0 saturated carbocycles. The third kappa shape index (κ3) is 3.94. The quantitative estimate of drug-likeness (QED) is 0.829. The molecule has 3 unspecified atom stereocenters. The molecule has 0 spiro atoms. The lowest BCUT2D eigenvalue weighted by Gasteiger charge is -2.38. The number of hydrogen-bond donors (Lipinski definition) is 1. The van der Waals surface area contributed by atoms with Crippen LogP contribution in [0.25, 0.3) is 0 Å². The van der Waals surface area contributed by atoms with Crippen LogP contribution in [0.15, 0.2) is 18.2 Å². The molecule has 1 amide bonds. The van der Waals surface area contributed by atoms with E-state index < -0.39 is 0 Å². The molecule has 1 aromatic rings. The average Bonchev–Trinajstić information content (AvgIpc) is 2.96. The molecule has 1 N–H and O–H groups in total. The van der Waals surface area contributed by atoms with Crippen molar-refractivity contribution in [2.24, 2.45) is 5.92 Å². The lowest BCUT2D eigenvalue weighted by molar-refractivity contribution is -0.136. The Hall–Kier alpha value is -1.06. The van der Waals surface area contributed by atoms with Gasteiger partial charge in [0.1, 0.15) is 0 Å². The Morgan fingerprint density at radius 1 is 1.12 bits per heavy atom. The summed E-state index contributed by atoms with van der Waals surface area (Å²) in [6, 6.07) is 8.21. The number of halogens is 1. The summed E-state index contributed by atoms with van der Waals surface area (Å²) < 4.78 is 0. The van der Waals surface area contributed by atoms with E-state index in [1.54, 1.807) is 0 Å². The van der Waals surface area contributed by atoms with Crippen LogP contribution in [0, 0.1) is 19.8 Å². The number of rotatable bonds is 3. The number of nitrogens with zero attached hydrogens (tertiary/aromatic N) is 1. The van der Waals surface area contributed by atoms with Crippen LogP contribution >= 0.6 is 12.4 Å². The second kappa shape index (κ2) is 8.31. The van der Waals surface area contributed by atoms with Gasteiger partial charge in [-0.25, -0.2) is 0 Å². The summed E-state index contributed by atoms with van der Waals surface area (Å²) in [5.41, 5.74) is 4.08. The molecule has 0 radical (unpaired) electrons. The van der Waals surface area contributed by atoms with Crippen molar-refractivity contribution < 1.29 is 4.79 Å². The minimum absolute atomic E-state index is 0. The molecule has 3 aliphatic heterocycles. The number of piperidine rings is 2. The molecule has 1 aromatic carbocycles. The van der Waals surface area contributed by atoms with Crippen molar-refractivity contribution in [2.75, 3.05) is 6.54 Å². The van der Waals surface area contributed by atoms with E-state index in [4.69, 9.17) is 0 Å². The molecule has 3 fully saturated rings. The molecule has 26 heavy (non-hydrogen) atoms. The zero-order chi connectivity index (χ0) is 17.4. The van der Waals surface area contributed by atoms with Crippen LogP contribution in [0.3, 0.4) is 0 Å². The van der Waals surface area contributed by atoms with Crippen molar-refractivity contribution in [1.29, 1.82) is 0 Å². The van der Waals surface area contributed by atoms with Crippen molar-refractivity contribution in [1.82, 2.24) is 10.2 Å². The van der Waals surface area contributed by atoms with Crippen LogP contribution in [-0.4, -0.2) is 29.4 Å². The van der Waals surface area contributed by atoms with Gasteiger partial charge >= 0.3 is 0 Å². The maximum atomic E-state index is 13.2. The van der Waals surface area contributed by atoms with E-state index >= 15 is 0 Å². The molecule has 3 nitrogen and oxygen atoms in total. The predicted octanol–water partition coefficient (Wildman–Crippen LogP) is 4.70. The molecular formula is C22H33ClN2O. The zero-order valence-corrected chi connectivity index (χ0v) is 17.0. The second-order valence-corrected chi connectivity index (χ2v) is 8.57. The van der Waals surface area contributed by atoms with E-state index in [9.17, 15) is 4.79 Å². The van der Waals surface area contributed by atoms with Crippen molar-refractivity contribution in [3.8, 4) is 0 Å². The molecular weight excluding hydrogens is 344 g/mol. The van der Waals surface area contributed by atoms with Gasteiger partial charge < -0.3 is 10.2 Å². The zero-order valence-electron chi connectivity index (χ0n) is 16.2. The minimum atomic E-state index is 0. The van der Waals surface area contributed by atoms with Gasteiger partial charge in [-0.05, 0) is 81.4 Å². The average molecular weight is 377 g/mol. The van der Waals surface area contributed by atoms with Crippen LogP contribution in [-0.2, 0) is 4.79 Å². The first-order valence-corrected chi connectivity index (χ1v) is 10.2. The summed E-state index contributed by atoms with van der Waals surface area (Å²) in [6.45, 7) is 5.33. The van der Waals surface area contributed by atoms with Crippen LogP contribution in [0.4, 0.5) is 0 Å². The largest absolute Gasteiger partial charge is 0.336 e. The Bertz CT molecular complexity index is 635. The molecule has 2 bridgehead atoms. The Balaban J connectivity index is 0.00000196. The molecule has 0 aliphatic carbocycles. The first-order chi connectivity index (χ1) is 12.1. The highest BCUT2D eigenvalue weighted by atomic mass is 35.5. The van der Waals surface area contributed by atoms with E-state index in [2.05, 4.69) is 42.3 Å². The highest BCUT2D eigenvalue weighted by molar-refractivity contribution is 5.85. The van der Waals surface area contributed by atoms with Crippen LogP contribution < -0.4 is 5.32 Å². The summed E-state index contributed by atoms with van der Waals surface area (Å²) in [5.74, 6) is 0.990. The van der Waals surface area contributed by atoms with Gasteiger partial charge in [-0.3, -0.25) is 4.79 Å². The fourth-order valence-corrected chi connectivity index (χ4v) is 5.39. The van der Waals surface area contributed by atoms with Gasteiger partial charge in [0, 0.05) is 25.0 Å². The van der Waals surface area contributed by atoms with Gasteiger partial charge in [0.2, 0.25) is 5.91 Å². The Labute approximate surface area is 164 Å². The SMILES string of the molecule is Cc1cccc(C2CCCCN2C(=O)CC2CC3CCC(C2)N3)c1C.Cl. The molecule has 0 aromatic heterocycles. The summed E-state index contributed by atoms with van der Waals surface area (Å²) in [4.78, 5) is 15.4. The fraction of sp³-hybridized carbons (Fsp3) is 0.682. The van der Waals surface area contributed by atoms with Crippen molar-refractivity contribution >= 4 is 18.3 Å². The Morgan fingerprint density at radius 2 is 1.85 bits per heavy atom. The van der Waals surface area contributed by atoms with Gasteiger partial charge in [0.05, 0.1) is 6.04 Å². The number of fused-ring (bicyclic) bond motifs is 2. The van der Waals surface area contributed by atoms with Crippen LogP contribution in [0.5, 0.6) is 0 Å². The number of likely N-dealkylation sites (tertiary alicyclic amines) is 1.